The van der Waals surface area contributed by atoms with E-state index in [0.717, 1.165) is 5.56 Å². The first kappa shape index (κ1) is 17.2. The molecular weight excluding hydrogens is 310 g/mol. The summed E-state index contributed by atoms with van der Waals surface area (Å²) in [7, 11) is 2.97. The van der Waals surface area contributed by atoms with Crippen molar-refractivity contribution in [3.8, 4) is 11.5 Å². The van der Waals surface area contributed by atoms with Crippen LogP contribution in [0.4, 0.5) is 5.69 Å². The summed E-state index contributed by atoms with van der Waals surface area (Å²) in [6.07, 6.45) is 2.72. The predicted molar refractivity (Wildman–Crippen MR) is 90.7 cm³/mol. The van der Waals surface area contributed by atoms with Gasteiger partial charge in [0.15, 0.2) is 5.78 Å². The van der Waals surface area contributed by atoms with Gasteiger partial charge >= 0.3 is 0 Å². The standard InChI is InChI=1S/C18H17NO5/c1-12-4-5-13(16(10-12)19(21)22)6-8-17(20)15-11-14(23-2)7-9-18(15)24-3/h4-11H,1-3H3/b8-6+. The van der Waals surface area contributed by atoms with E-state index >= 15 is 0 Å². The summed E-state index contributed by atoms with van der Waals surface area (Å²) in [5.41, 5.74) is 1.42. The molecule has 6 heteroatoms. The van der Waals surface area contributed by atoms with Gasteiger partial charge in [-0.2, -0.15) is 0 Å². The molecule has 0 aliphatic carbocycles. The number of hydrogen-bond acceptors (Lipinski definition) is 5. The van der Waals surface area contributed by atoms with Gasteiger partial charge in [-0.3, -0.25) is 14.9 Å². The summed E-state index contributed by atoms with van der Waals surface area (Å²) in [6.45, 7) is 1.77. The Labute approximate surface area is 139 Å². The second-order valence-corrected chi connectivity index (χ2v) is 5.08. The first-order chi connectivity index (χ1) is 11.5. The van der Waals surface area contributed by atoms with Crippen molar-refractivity contribution in [2.24, 2.45) is 0 Å². The molecule has 0 spiro atoms. The zero-order chi connectivity index (χ0) is 17.7. The number of ketones is 1. The number of aryl methyl sites for hydroxylation is 1. The van der Waals surface area contributed by atoms with E-state index in [4.69, 9.17) is 9.47 Å². The highest BCUT2D eigenvalue weighted by atomic mass is 16.6. The molecular formula is C18H17NO5. The van der Waals surface area contributed by atoms with Crippen molar-refractivity contribution < 1.29 is 19.2 Å². The number of ether oxygens (including phenoxy) is 2. The van der Waals surface area contributed by atoms with E-state index in [1.807, 2.05) is 0 Å². The molecule has 0 saturated heterocycles. The second kappa shape index (κ2) is 7.41. The zero-order valence-corrected chi connectivity index (χ0v) is 13.6. The molecule has 0 bridgehead atoms. The van der Waals surface area contributed by atoms with Crippen molar-refractivity contribution in [2.45, 2.75) is 6.92 Å². The number of carbonyl (C=O) groups excluding carboxylic acids is 1. The number of carbonyl (C=O) groups is 1. The van der Waals surface area contributed by atoms with E-state index in [1.54, 1.807) is 37.3 Å². The number of methoxy groups -OCH3 is 2. The molecule has 0 aliphatic heterocycles. The largest absolute Gasteiger partial charge is 0.497 e. The minimum absolute atomic E-state index is 0.0448. The maximum Gasteiger partial charge on any atom is 0.276 e. The molecule has 0 aromatic heterocycles. The quantitative estimate of drug-likeness (QED) is 0.349. The van der Waals surface area contributed by atoms with Crippen LogP contribution in [0.3, 0.4) is 0 Å². The first-order valence-electron chi connectivity index (χ1n) is 7.15. The van der Waals surface area contributed by atoms with E-state index in [2.05, 4.69) is 0 Å². The molecule has 0 atom stereocenters. The molecule has 0 amide bonds. The van der Waals surface area contributed by atoms with Crippen LogP contribution in [0.15, 0.2) is 42.5 Å². The van der Waals surface area contributed by atoms with E-state index in [1.165, 1.54) is 32.4 Å². The van der Waals surface area contributed by atoms with Crippen molar-refractivity contribution in [3.63, 3.8) is 0 Å². The molecule has 0 radical (unpaired) electrons. The summed E-state index contributed by atoms with van der Waals surface area (Å²) in [5.74, 6) is 0.596. The lowest BCUT2D eigenvalue weighted by molar-refractivity contribution is -0.385. The van der Waals surface area contributed by atoms with Crippen molar-refractivity contribution in [1.29, 1.82) is 0 Å². The maximum atomic E-state index is 12.4. The summed E-state index contributed by atoms with van der Waals surface area (Å²) in [5, 5.41) is 11.1. The SMILES string of the molecule is COc1ccc(OC)c(C(=O)/C=C/c2ccc(C)cc2[N+](=O)[O-])c1. The van der Waals surface area contributed by atoms with Crippen molar-refractivity contribution in [1.82, 2.24) is 0 Å². The van der Waals surface area contributed by atoms with Gasteiger partial charge in [-0.1, -0.05) is 6.07 Å². The highest BCUT2D eigenvalue weighted by molar-refractivity contribution is 6.09. The zero-order valence-electron chi connectivity index (χ0n) is 13.6. The van der Waals surface area contributed by atoms with Crippen LogP contribution < -0.4 is 9.47 Å². The van der Waals surface area contributed by atoms with Gasteiger partial charge in [0.2, 0.25) is 0 Å². The summed E-state index contributed by atoms with van der Waals surface area (Å²) < 4.78 is 10.3. The molecule has 0 fully saturated rings. The number of hydrogen-bond donors (Lipinski definition) is 0. The molecule has 124 valence electrons. The number of nitro groups is 1. The van der Waals surface area contributed by atoms with Gasteiger partial charge in [0.1, 0.15) is 11.5 Å². The number of nitrogens with zero attached hydrogens (tertiary/aromatic N) is 1. The molecule has 2 rings (SSSR count). The molecule has 0 aliphatic rings. The summed E-state index contributed by atoms with van der Waals surface area (Å²) in [6, 6.07) is 9.72. The van der Waals surface area contributed by atoms with E-state index in [-0.39, 0.29) is 11.5 Å². The van der Waals surface area contributed by atoms with Crippen LogP contribution in [0.1, 0.15) is 21.5 Å². The van der Waals surface area contributed by atoms with Gasteiger partial charge in [0, 0.05) is 6.07 Å². The Bertz CT molecular complexity index is 811. The summed E-state index contributed by atoms with van der Waals surface area (Å²) >= 11 is 0. The molecule has 24 heavy (non-hydrogen) atoms. The van der Waals surface area contributed by atoms with Crippen LogP contribution in [0.5, 0.6) is 11.5 Å². The van der Waals surface area contributed by atoms with E-state index in [9.17, 15) is 14.9 Å². The van der Waals surface area contributed by atoms with Gasteiger partial charge in [-0.05, 0) is 48.9 Å². The summed E-state index contributed by atoms with van der Waals surface area (Å²) in [4.78, 5) is 23.1. The fourth-order valence-electron chi connectivity index (χ4n) is 2.21. The smallest absolute Gasteiger partial charge is 0.276 e. The molecule has 2 aromatic carbocycles. The average molecular weight is 327 g/mol. The van der Waals surface area contributed by atoms with E-state index < -0.39 is 4.92 Å². The van der Waals surface area contributed by atoms with Crippen LogP contribution in [-0.2, 0) is 0 Å². The predicted octanol–water partition coefficient (Wildman–Crippen LogP) is 3.82. The Kier molecular flexibility index (Phi) is 5.31. The number of benzene rings is 2. The molecule has 2 aromatic rings. The normalized spacial score (nSPS) is 10.6. The van der Waals surface area contributed by atoms with Crippen LogP contribution >= 0.6 is 0 Å². The van der Waals surface area contributed by atoms with Gasteiger partial charge in [0.05, 0.1) is 30.3 Å². The Hall–Kier alpha value is -3.15. The lowest BCUT2D eigenvalue weighted by Gasteiger charge is -2.07. The third kappa shape index (κ3) is 3.78. The van der Waals surface area contributed by atoms with Crippen LogP contribution in [0.2, 0.25) is 0 Å². The van der Waals surface area contributed by atoms with E-state index in [0.29, 0.717) is 22.6 Å². The van der Waals surface area contributed by atoms with Gasteiger partial charge in [0.25, 0.3) is 5.69 Å². The fourth-order valence-corrected chi connectivity index (χ4v) is 2.21. The molecule has 0 N–H and O–H groups in total. The Morgan fingerprint density at radius 1 is 1.12 bits per heavy atom. The third-order valence-corrected chi connectivity index (χ3v) is 3.47. The van der Waals surface area contributed by atoms with Gasteiger partial charge < -0.3 is 9.47 Å². The number of allylic oxidation sites excluding steroid dienone is 1. The Morgan fingerprint density at radius 3 is 2.50 bits per heavy atom. The van der Waals surface area contributed by atoms with Gasteiger partial charge in [-0.15, -0.1) is 0 Å². The average Bonchev–Trinajstić information content (AvgIpc) is 2.59. The number of rotatable bonds is 6. The highest BCUT2D eigenvalue weighted by Gasteiger charge is 2.14. The lowest BCUT2D eigenvalue weighted by Crippen LogP contribution is -2.00. The lowest BCUT2D eigenvalue weighted by atomic mass is 10.1. The first-order valence-corrected chi connectivity index (χ1v) is 7.15. The van der Waals surface area contributed by atoms with Crippen LogP contribution in [0.25, 0.3) is 6.08 Å². The topological polar surface area (TPSA) is 78.7 Å². The minimum atomic E-state index is -0.469. The minimum Gasteiger partial charge on any atom is -0.497 e. The third-order valence-electron chi connectivity index (χ3n) is 3.47. The van der Waals surface area contributed by atoms with Crippen LogP contribution in [-0.4, -0.2) is 24.9 Å². The molecule has 0 unspecified atom stereocenters. The van der Waals surface area contributed by atoms with Crippen molar-refractivity contribution in [2.75, 3.05) is 14.2 Å². The van der Waals surface area contributed by atoms with Crippen molar-refractivity contribution in [3.05, 3.63) is 69.3 Å². The fraction of sp³-hybridized carbons (Fsp3) is 0.167. The van der Waals surface area contributed by atoms with Crippen molar-refractivity contribution >= 4 is 17.5 Å². The monoisotopic (exact) mass is 327 g/mol. The number of nitro benzene ring substituents is 1. The second-order valence-electron chi connectivity index (χ2n) is 5.08. The van der Waals surface area contributed by atoms with Gasteiger partial charge in [-0.25, -0.2) is 0 Å². The Balaban J connectivity index is 2.37. The maximum absolute atomic E-state index is 12.4. The van der Waals surface area contributed by atoms with Crippen LogP contribution in [0, 0.1) is 17.0 Å². The highest BCUT2D eigenvalue weighted by Crippen LogP contribution is 2.26. The Morgan fingerprint density at radius 2 is 1.88 bits per heavy atom. The molecule has 0 heterocycles. The molecule has 0 saturated carbocycles. The molecule has 6 nitrogen and oxygen atoms in total.